The number of nitrogens with one attached hydrogen (secondary N) is 1. The Hall–Kier alpha value is -1.35. The number of hydrogen-bond acceptors (Lipinski definition) is 2. The molecule has 0 aliphatic carbocycles. The van der Waals surface area contributed by atoms with Crippen LogP contribution in [0, 0.1) is 0 Å². The van der Waals surface area contributed by atoms with Crippen LogP contribution in [-0.2, 0) is 18.0 Å². The number of benzene rings is 1. The van der Waals surface area contributed by atoms with Gasteiger partial charge in [-0.05, 0) is 23.3 Å². The molecule has 0 radical (unpaired) electrons. The molecule has 13 heavy (non-hydrogen) atoms. The van der Waals surface area contributed by atoms with Crippen molar-refractivity contribution >= 4 is 5.91 Å². The number of fused-ring (bicyclic) bond motifs is 1. The molecule has 1 aliphatic rings. The number of carbonyl (C=O) groups is 1. The van der Waals surface area contributed by atoms with Gasteiger partial charge >= 0.3 is 0 Å². The van der Waals surface area contributed by atoms with Crippen molar-refractivity contribution in [2.24, 2.45) is 0 Å². The fraction of sp³-hybridized carbons (Fsp3) is 0.300. The van der Waals surface area contributed by atoms with E-state index in [9.17, 15) is 4.79 Å². The Labute approximate surface area is 76.7 Å². The second-order valence-corrected chi connectivity index (χ2v) is 3.06. The molecule has 2 rings (SSSR count). The summed E-state index contributed by atoms with van der Waals surface area (Å²) in [6.45, 7) is 1.30. The third-order valence-electron chi connectivity index (χ3n) is 2.21. The quantitative estimate of drug-likeness (QED) is 0.697. The SMILES string of the molecule is CNC(=O)c1ccc2c(c1)COC2. The Balaban J connectivity index is 2.36. The molecule has 0 saturated carbocycles. The molecule has 1 N–H and O–H groups in total. The molecule has 0 unspecified atom stereocenters. The summed E-state index contributed by atoms with van der Waals surface area (Å²) in [5.41, 5.74) is 3.01. The molecule has 0 spiro atoms. The normalized spacial score (nSPS) is 13.9. The molecule has 1 amide bonds. The van der Waals surface area contributed by atoms with Gasteiger partial charge in [0, 0.05) is 12.6 Å². The third kappa shape index (κ3) is 1.42. The van der Waals surface area contributed by atoms with Crippen molar-refractivity contribution in [3.8, 4) is 0 Å². The molecule has 0 saturated heterocycles. The van der Waals surface area contributed by atoms with Crippen molar-refractivity contribution in [1.82, 2.24) is 5.32 Å². The minimum atomic E-state index is -0.0466. The van der Waals surface area contributed by atoms with E-state index in [1.165, 1.54) is 5.56 Å². The molecule has 1 heterocycles. The molecule has 1 aliphatic heterocycles. The Morgan fingerprint density at radius 1 is 1.38 bits per heavy atom. The molecule has 0 aromatic heterocycles. The largest absolute Gasteiger partial charge is 0.372 e. The predicted octanol–water partition coefficient (Wildman–Crippen LogP) is 1.08. The molecular weight excluding hydrogens is 166 g/mol. The lowest BCUT2D eigenvalue weighted by atomic mass is 10.1. The molecule has 1 aromatic carbocycles. The standard InChI is InChI=1S/C10H11NO2/c1-11-10(12)7-2-3-8-5-13-6-9(8)4-7/h2-4H,5-6H2,1H3,(H,11,12). The first kappa shape index (κ1) is 8.26. The summed E-state index contributed by atoms with van der Waals surface area (Å²) in [6.07, 6.45) is 0. The summed E-state index contributed by atoms with van der Waals surface area (Å²) in [4.78, 5) is 11.3. The highest BCUT2D eigenvalue weighted by Crippen LogP contribution is 2.20. The molecule has 68 valence electrons. The zero-order chi connectivity index (χ0) is 9.26. The van der Waals surface area contributed by atoms with E-state index in [-0.39, 0.29) is 5.91 Å². The first-order valence-electron chi connectivity index (χ1n) is 4.23. The molecular formula is C10H11NO2. The highest BCUT2D eigenvalue weighted by molar-refractivity contribution is 5.94. The van der Waals surface area contributed by atoms with Crippen LogP contribution in [0.5, 0.6) is 0 Å². The predicted molar refractivity (Wildman–Crippen MR) is 48.3 cm³/mol. The zero-order valence-electron chi connectivity index (χ0n) is 7.46. The van der Waals surface area contributed by atoms with Crippen molar-refractivity contribution in [3.63, 3.8) is 0 Å². The van der Waals surface area contributed by atoms with Crippen molar-refractivity contribution in [2.45, 2.75) is 13.2 Å². The van der Waals surface area contributed by atoms with E-state index in [1.807, 2.05) is 18.2 Å². The van der Waals surface area contributed by atoms with Crippen LogP contribution >= 0.6 is 0 Å². The number of rotatable bonds is 1. The average Bonchev–Trinajstić information content (AvgIpc) is 2.63. The fourth-order valence-corrected chi connectivity index (χ4v) is 1.46. The van der Waals surface area contributed by atoms with E-state index < -0.39 is 0 Å². The maximum Gasteiger partial charge on any atom is 0.251 e. The summed E-state index contributed by atoms with van der Waals surface area (Å²) in [5, 5.41) is 2.59. The summed E-state index contributed by atoms with van der Waals surface area (Å²) in [5.74, 6) is -0.0466. The highest BCUT2D eigenvalue weighted by atomic mass is 16.5. The van der Waals surface area contributed by atoms with Gasteiger partial charge in [-0.3, -0.25) is 4.79 Å². The summed E-state index contributed by atoms with van der Waals surface area (Å²) < 4.78 is 5.25. The van der Waals surface area contributed by atoms with Gasteiger partial charge in [-0.2, -0.15) is 0 Å². The Bertz CT molecular complexity index is 347. The van der Waals surface area contributed by atoms with Gasteiger partial charge in [0.25, 0.3) is 5.91 Å². The first-order chi connectivity index (χ1) is 6.31. The van der Waals surface area contributed by atoms with Crippen LogP contribution in [0.25, 0.3) is 0 Å². The van der Waals surface area contributed by atoms with Crippen molar-refractivity contribution in [2.75, 3.05) is 7.05 Å². The van der Waals surface area contributed by atoms with E-state index in [0.29, 0.717) is 18.8 Å². The summed E-state index contributed by atoms with van der Waals surface area (Å²) in [6, 6.07) is 5.67. The van der Waals surface area contributed by atoms with Crippen molar-refractivity contribution in [1.29, 1.82) is 0 Å². The maximum atomic E-state index is 11.3. The number of carbonyl (C=O) groups excluding carboxylic acids is 1. The van der Waals surface area contributed by atoms with Gasteiger partial charge in [-0.1, -0.05) is 6.07 Å². The van der Waals surface area contributed by atoms with E-state index in [0.717, 1.165) is 5.56 Å². The van der Waals surface area contributed by atoms with Crippen LogP contribution < -0.4 is 5.32 Å². The fourth-order valence-electron chi connectivity index (χ4n) is 1.46. The van der Waals surface area contributed by atoms with Gasteiger partial charge in [0.1, 0.15) is 0 Å². The molecule has 0 fully saturated rings. The number of ether oxygens (including phenoxy) is 1. The lowest BCUT2D eigenvalue weighted by molar-refractivity contribution is 0.0963. The zero-order valence-corrected chi connectivity index (χ0v) is 7.46. The topological polar surface area (TPSA) is 38.3 Å². The van der Waals surface area contributed by atoms with Crippen molar-refractivity contribution < 1.29 is 9.53 Å². The van der Waals surface area contributed by atoms with Gasteiger partial charge in [0.05, 0.1) is 13.2 Å². The molecule has 0 atom stereocenters. The van der Waals surface area contributed by atoms with Gasteiger partial charge in [0.15, 0.2) is 0 Å². The van der Waals surface area contributed by atoms with Gasteiger partial charge < -0.3 is 10.1 Å². The second-order valence-electron chi connectivity index (χ2n) is 3.06. The van der Waals surface area contributed by atoms with E-state index in [4.69, 9.17) is 4.74 Å². The lowest BCUT2D eigenvalue weighted by Gasteiger charge is -2.01. The van der Waals surface area contributed by atoms with E-state index in [2.05, 4.69) is 5.32 Å². The number of hydrogen-bond donors (Lipinski definition) is 1. The molecule has 3 nitrogen and oxygen atoms in total. The maximum absolute atomic E-state index is 11.3. The highest BCUT2D eigenvalue weighted by Gasteiger charge is 2.13. The van der Waals surface area contributed by atoms with E-state index >= 15 is 0 Å². The van der Waals surface area contributed by atoms with E-state index in [1.54, 1.807) is 7.05 Å². The molecule has 3 heteroatoms. The van der Waals surface area contributed by atoms with Crippen LogP contribution in [0.4, 0.5) is 0 Å². The minimum Gasteiger partial charge on any atom is -0.372 e. The summed E-state index contributed by atoms with van der Waals surface area (Å²) in [7, 11) is 1.63. The van der Waals surface area contributed by atoms with Crippen LogP contribution in [0.1, 0.15) is 21.5 Å². The number of amides is 1. The monoisotopic (exact) mass is 177 g/mol. The Kier molecular flexibility index (Phi) is 2.02. The van der Waals surface area contributed by atoms with Gasteiger partial charge in [-0.15, -0.1) is 0 Å². The Morgan fingerprint density at radius 2 is 2.15 bits per heavy atom. The van der Waals surface area contributed by atoms with Crippen LogP contribution in [0.2, 0.25) is 0 Å². The second kappa shape index (κ2) is 3.18. The van der Waals surface area contributed by atoms with Crippen LogP contribution in [0.3, 0.4) is 0 Å². The van der Waals surface area contributed by atoms with Crippen molar-refractivity contribution in [3.05, 3.63) is 34.9 Å². The smallest absolute Gasteiger partial charge is 0.251 e. The van der Waals surface area contributed by atoms with Crippen LogP contribution in [-0.4, -0.2) is 13.0 Å². The lowest BCUT2D eigenvalue weighted by Crippen LogP contribution is -2.17. The molecule has 0 bridgehead atoms. The minimum absolute atomic E-state index is 0.0466. The Morgan fingerprint density at radius 3 is 2.92 bits per heavy atom. The van der Waals surface area contributed by atoms with Gasteiger partial charge in [0.2, 0.25) is 0 Å². The third-order valence-corrected chi connectivity index (χ3v) is 2.21. The average molecular weight is 177 g/mol. The van der Waals surface area contributed by atoms with Crippen LogP contribution in [0.15, 0.2) is 18.2 Å². The summed E-state index contributed by atoms with van der Waals surface area (Å²) >= 11 is 0. The van der Waals surface area contributed by atoms with Gasteiger partial charge in [-0.25, -0.2) is 0 Å². The first-order valence-corrected chi connectivity index (χ1v) is 4.23. The molecule has 1 aromatic rings.